The van der Waals surface area contributed by atoms with Crippen LogP contribution in [0.5, 0.6) is 0 Å². The van der Waals surface area contributed by atoms with Crippen molar-refractivity contribution < 1.29 is 13.2 Å². The highest BCUT2D eigenvalue weighted by atomic mass is 35.5. The van der Waals surface area contributed by atoms with Gasteiger partial charge >= 0.3 is 0 Å². The van der Waals surface area contributed by atoms with E-state index in [1.165, 1.54) is 0 Å². The molecule has 2 aromatic rings. The average Bonchev–Trinajstić information content (AvgIpc) is 2.56. The molecule has 1 amide bonds. The van der Waals surface area contributed by atoms with Crippen molar-refractivity contribution in [3.8, 4) is 6.07 Å². The molecule has 0 spiro atoms. The van der Waals surface area contributed by atoms with E-state index >= 15 is 0 Å². The molecule has 0 aliphatic carbocycles. The van der Waals surface area contributed by atoms with Crippen molar-refractivity contribution in [3.63, 3.8) is 0 Å². The van der Waals surface area contributed by atoms with E-state index in [0.717, 1.165) is 10.6 Å². The lowest BCUT2D eigenvalue weighted by Gasteiger charge is -2.23. The predicted octanol–water partition coefficient (Wildman–Crippen LogP) is 3.01. The van der Waals surface area contributed by atoms with Crippen LogP contribution in [-0.4, -0.2) is 27.1 Å². The summed E-state index contributed by atoms with van der Waals surface area (Å²) < 4.78 is 25.2. The summed E-state index contributed by atoms with van der Waals surface area (Å²) in [6.45, 7) is -0.0663. The molecule has 2 aromatic carbocycles. The SMILES string of the molecule is CS(=O)(=O)N(CCC(=O)Nc1ccccc1C#N)c1ccccc1Cl. The Balaban J connectivity index is 2.13. The summed E-state index contributed by atoms with van der Waals surface area (Å²) in [4.78, 5) is 12.2. The third kappa shape index (κ3) is 4.95. The number of hydrogen-bond donors (Lipinski definition) is 1. The molecule has 0 unspecified atom stereocenters. The Morgan fingerprint density at radius 2 is 1.84 bits per heavy atom. The van der Waals surface area contributed by atoms with Gasteiger partial charge in [0.25, 0.3) is 0 Å². The summed E-state index contributed by atoms with van der Waals surface area (Å²) in [6, 6.07) is 15.1. The fourth-order valence-electron chi connectivity index (χ4n) is 2.22. The van der Waals surface area contributed by atoms with Crippen molar-refractivity contribution in [3.05, 3.63) is 59.1 Å². The van der Waals surface area contributed by atoms with Gasteiger partial charge in [-0.1, -0.05) is 35.9 Å². The van der Waals surface area contributed by atoms with Crippen LogP contribution in [0.4, 0.5) is 11.4 Å². The maximum Gasteiger partial charge on any atom is 0.232 e. The number of hydrogen-bond acceptors (Lipinski definition) is 4. The molecule has 130 valence electrons. The number of nitrogens with one attached hydrogen (secondary N) is 1. The molecule has 8 heteroatoms. The minimum absolute atomic E-state index is 0.0663. The van der Waals surface area contributed by atoms with Crippen LogP contribution < -0.4 is 9.62 Å². The van der Waals surface area contributed by atoms with Crippen molar-refractivity contribution in [2.24, 2.45) is 0 Å². The first-order valence-electron chi connectivity index (χ1n) is 7.34. The molecule has 0 radical (unpaired) electrons. The van der Waals surface area contributed by atoms with E-state index < -0.39 is 15.9 Å². The Labute approximate surface area is 151 Å². The number of carbonyl (C=O) groups excluding carboxylic acids is 1. The normalized spacial score (nSPS) is 10.8. The molecule has 0 aromatic heterocycles. The van der Waals surface area contributed by atoms with Crippen molar-refractivity contribution in [1.82, 2.24) is 0 Å². The summed E-state index contributed by atoms with van der Waals surface area (Å²) in [5, 5.41) is 11.9. The number of halogens is 1. The predicted molar refractivity (Wildman–Crippen MR) is 98.0 cm³/mol. The van der Waals surface area contributed by atoms with Crippen molar-refractivity contribution >= 4 is 38.9 Å². The zero-order chi connectivity index (χ0) is 18.4. The van der Waals surface area contributed by atoms with E-state index in [2.05, 4.69) is 5.32 Å². The van der Waals surface area contributed by atoms with Gasteiger partial charge in [0.2, 0.25) is 15.9 Å². The van der Waals surface area contributed by atoms with E-state index in [0.29, 0.717) is 16.9 Å². The van der Waals surface area contributed by atoms with Crippen LogP contribution in [0.3, 0.4) is 0 Å². The van der Waals surface area contributed by atoms with E-state index in [1.807, 2.05) is 6.07 Å². The summed E-state index contributed by atoms with van der Waals surface area (Å²) in [6.07, 6.45) is 0.970. The van der Waals surface area contributed by atoms with Crippen molar-refractivity contribution in [1.29, 1.82) is 5.26 Å². The molecule has 0 heterocycles. The Hall–Kier alpha value is -2.56. The maximum atomic E-state index is 12.2. The van der Waals surface area contributed by atoms with Crippen LogP contribution in [0.15, 0.2) is 48.5 Å². The van der Waals surface area contributed by atoms with Gasteiger partial charge in [0, 0.05) is 13.0 Å². The molecular weight excluding hydrogens is 362 g/mol. The molecule has 0 saturated carbocycles. The first-order chi connectivity index (χ1) is 11.8. The topological polar surface area (TPSA) is 90.3 Å². The number of anilines is 2. The zero-order valence-electron chi connectivity index (χ0n) is 13.4. The molecule has 0 aliphatic rings. The van der Waals surface area contributed by atoms with Gasteiger partial charge in [0.1, 0.15) is 6.07 Å². The van der Waals surface area contributed by atoms with Crippen LogP contribution in [0.25, 0.3) is 0 Å². The molecule has 25 heavy (non-hydrogen) atoms. The van der Waals surface area contributed by atoms with Crippen LogP contribution >= 0.6 is 11.6 Å². The fraction of sp³-hybridized carbons (Fsp3) is 0.176. The van der Waals surface area contributed by atoms with Gasteiger partial charge < -0.3 is 5.32 Å². The quantitative estimate of drug-likeness (QED) is 0.837. The highest BCUT2D eigenvalue weighted by Crippen LogP contribution is 2.27. The molecule has 1 N–H and O–H groups in total. The van der Waals surface area contributed by atoms with Crippen LogP contribution in [0.2, 0.25) is 5.02 Å². The van der Waals surface area contributed by atoms with Gasteiger partial charge in [-0.3, -0.25) is 9.10 Å². The summed E-state index contributed by atoms with van der Waals surface area (Å²) in [5.74, 6) is -0.400. The Morgan fingerprint density at radius 3 is 2.48 bits per heavy atom. The monoisotopic (exact) mass is 377 g/mol. The third-order valence-electron chi connectivity index (χ3n) is 3.39. The Bertz CT molecular complexity index is 923. The van der Waals surface area contributed by atoms with E-state index in [1.54, 1.807) is 48.5 Å². The van der Waals surface area contributed by atoms with Crippen molar-refractivity contribution in [2.45, 2.75) is 6.42 Å². The Kier molecular flexibility index (Phi) is 6.02. The molecule has 2 rings (SSSR count). The number of nitriles is 1. The summed E-state index contributed by atoms with van der Waals surface area (Å²) in [5.41, 5.74) is 1.04. The maximum absolute atomic E-state index is 12.2. The number of benzene rings is 2. The second kappa shape index (κ2) is 8.01. The molecule has 6 nitrogen and oxygen atoms in total. The number of nitrogens with zero attached hydrogens (tertiary/aromatic N) is 2. The number of amides is 1. The van der Waals surface area contributed by atoms with Gasteiger partial charge in [-0.15, -0.1) is 0 Å². The second-order valence-corrected chi connectivity index (χ2v) is 7.56. The molecule has 0 fully saturated rings. The minimum atomic E-state index is -3.61. The Morgan fingerprint density at radius 1 is 1.20 bits per heavy atom. The van der Waals surface area contributed by atoms with Gasteiger partial charge in [0.05, 0.1) is 28.2 Å². The van der Waals surface area contributed by atoms with Crippen LogP contribution in [0, 0.1) is 11.3 Å². The number of sulfonamides is 1. The van der Waals surface area contributed by atoms with E-state index in [4.69, 9.17) is 16.9 Å². The van der Waals surface area contributed by atoms with Gasteiger partial charge in [-0.25, -0.2) is 8.42 Å². The largest absolute Gasteiger partial charge is 0.325 e. The highest BCUT2D eigenvalue weighted by molar-refractivity contribution is 7.92. The fourth-order valence-corrected chi connectivity index (χ4v) is 3.45. The van der Waals surface area contributed by atoms with Gasteiger partial charge in [-0.05, 0) is 24.3 Å². The lowest BCUT2D eigenvalue weighted by Crippen LogP contribution is -2.33. The first kappa shape index (κ1) is 18.8. The summed E-state index contributed by atoms with van der Waals surface area (Å²) >= 11 is 6.07. The lowest BCUT2D eigenvalue weighted by atomic mass is 10.2. The zero-order valence-corrected chi connectivity index (χ0v) is 15.0. The van der Waals surface area contributed by atoms with Crippen LogP contribution in [-0.2, 0) is 14.8 Å². The van der Waals surface area contributed by atoms with Gasteiger partial charge in [0.15, 0.2) is 0 Å². The first-order valence-corrected chi connectivity index (χ1v) is 9.57. The van der Waals surface area contributed by atoms with Crippen molar-refractivity contribution in [2.75, 3.05) is 22.4 Å². The van der Waals surface area contributed by atoms with E-state index in [-0.39, 0.29) is 18.0 Å². The van der Waals surface area contributed by atoms with Gasteiger partial charge in [-0.2, -0.15) is 5.26 Å². The molecule has 0 saturated heterocycles. The van der Waals surface area contributed by atoms with E-state index in [9.17, 15) is 13.2 Å². The average molecular weight is 378 g/mol. The standard InChI is InChI=1S/C17H16ClN3O3S/c1-25(23,24)21(16-9-5-3-7-14(16)18)11-10-17(22)20-15-8-4-2-6-13(15)12-19/h2-9H,10-11H2,1H3,(H,20,22). The van der Waals surface area contributed by atoms with Crippen LogP contribution in [0.1, 0.15) is 12.0 Å². The molecule has 0 aliphatic heterocycles. The number of rotatable bonds is 6. The third-order valence-corrected chi connectivity index (χ3v) is 4.88. The summed E-state index contributed by atoms with van der Waals surface area (Å²) in [7, 11) is -3.61. The molecule has 0 bridgehead atoms. The minimum Gasteiger partial charge on any atom is -0.325 e. The smallest absolute Gasteiger partial charge is 0.232 e. The second-order valence-electron chi connectivity index (χ2n) is 5.24. The number of para-hydroxylation sites is 2. The molecular formula is C17H16ClN3O3S. The number of carbonyl (C=O) groups is 1. The molecule has 0 atom stereocenters. The lowest BCUT2D eigenvalue weighted by molar-refractivity contribution is -0.116. The highest BCUT2D eigenvalue weighted by Gasteiger charge is 2.20.